The van der Waals surface area contributed by atoms with E-state index in [1.807, 2.05) is 0 Å². The highest BCUT2D eigenvalue weighted by atomic mass is 32.1. The zero-order valence-electron chi connectivity index (χ0n) is 11.1. The molecule has 3 N–H and O–H groups in total. The minimum absolute atomic E-state index is 0.0378. The van der Waals surface area contributed by atoms with E-state index in [1.54, 1.807) is 11.3 Å². The Kier molecular flexibility index (Phi) is 5.30. The first-order valence-electron chi connectivity index (χ1n) is 6.95. The molecule has 5 heteroatoms. The molecule has 2 unspecified atom stereocenters. The maximum Gasteiger partial charge on any atom is 0.248 e. The van der Waals surface area contributed by atoms with Gasteiger partial charge in [0.25, 0.3) is 0 Å². The van der Waals surface area contributed by atoms with Gasteiger partial charge in [-0.05, 0) is 49.5 Å². The summed E-state index contributed by atoms with van der Waals surface area (Å²) in [4.78, 5) is 1.38. The summed E-state index contributed by atoms with van der Waals surface area (Å²) in [6.45, 7) is 0. The average Bonchev–Trinajstić information content (AvgIpc) is 2.98. The lowest BCUT2D eigenvalue weighted by molar-refractivity contribution is 0.00428. The third-order valence-electron chi connectivity index (χ3n) is 3.92. The van der Waals surface area contributed by atoms with E-state index in [0.29, 0.717) is 6.42 Å². The van der Waals surface area contributed by atoms with E-state index in [0.717, 1.165) is 25.7 Å². The number of rotatable bonds is 7. The Labute approximate surface area is 117 Å². The van der Waals surface area contributed by atoms with Gasteiger partial charge in [0.05, 0.1) is 0 Å². The molecule has 0 amide bonds. The van der Waals surface area contributed by atoms with Crippen molar-refractivity contribution in [3.8, 4) is 0 Å². The number of nitrogens with two attached hydrogens (primary N) is 1. The fraction of sp³-hybridized carbons (Fsp3) is 0.714. The lowest BCUT2D eigenvalue weighted by Gasteiger charge is -2.19. The van der Waals surface area contributed by atoms with Crippen molar-refractivity contribution in [2.24, 2.45) is 11.8 Å². The van der Waals surface area contributed by atoms with E-state index in [-0.39, 0.29) is 24.8 Å². The maximum absolute atomic E-state index is 13.1. The molecular weight excluding hydrogens is 266 g/mol. The van der Waals surface area contributed by atoms with E-state index in [9.17, 15) is 8.78 Å². The second-order valence-corrected chi connectivity index (χ2v) is 6.57. The number of hydrogen-bond donors (Lipinski definition) is 2. The van der Waals surface area contributed by atoms with Gasteiger partial charge in [0.2, 0.25) is 5.92 Å². The summed E-state index contributed by atoms with van der Waals surface area (Å²) >= 11 is 1.76. The molecule has 1 aliphatic carbocycles. The van der Waals surface area contributed by atoms with Crippen molar-refractivity contribution in [1.29, 1.82) is 0 Å². The Morgan fingerprint density at radius 3 is 2.95 bits per heavy atom. The van der Waals surface area contributed by atoms with Gasteiger partial charge in [-0.15, -0.1) is 11.3 Å². The monoisotopic (exact) mass is 288 g/mol. The topological polar surface area (TPSA) is 38.0 Å². The van der Waals surface area contributed by atoms with Crippen molar-refractivity contribution in [3.63, 3.8) is 0 Å². The van der Waals surface area contributed by atoms with Crippen LogP contribution in [0.25, 0.3) is 0 Å². The molecule has 0 aliphatic heterocycles. The number of hydrogen-bond acceptors (Lipinski definition) is 3. The van der Waals surface area contributed by atoms with Crippen molar-refractivity contribution < 1.29 is 8.78 Å². The first kappa shape index (κ1) is 14.9. The summed E-state index contributed by atoms with van der Waals surface area (Å²) in [5.74, 6) is 3.22. The SMILES string of the molecule is NNC(CCCc1cccs1)CC1CCC(F)(F)C1. The minimum Gasteiger partial charge on any atom is -0.271 e. The zero-order valence-corrected chi connectivity index (χ0v) is 11.9. The van der Waals surface area contributed by atoms with Crippen LogP contribution in [0.15, 0.2) is 17.5 Å². The van der Waals surface area contributed by atoms with Gasteiger partial charge in [0, 0.05) is 23.8 Å². The Hall–Kier alpha value is -0.520. The number of nitrogens with one attached hydrogen (secondary N) is 1. The molecule has 0 aromatic carbocycles. The Morgan fingerprint density at radius 2 is 2.37 bits per heavy atom. The van der Waals surface area contributed by atoms with Gasteiger partial charge in [0.1, 0.15) is 0 Å². The third kappa shape index (κ3) is 4.82. The lowest BCUT2D eigenvalue weighted by atomic mass is 9.95. The van der Waals surface area contributed by atoms with Crippen molar-refractivity contribution in [2.45, 2.75) is 56.9 Å². The predicted octanol–water partition coefficient (Wildman–Crippen LogP) is 3.73. The molecule has 1 aliphatic rings. The summed E-state index contributed by atoms with van der Waals surface area (Å²) in [6, 6.07) is 4.35. The van der Waals surface area contributed by atoms with Crippen molar-refractivity contribution in [1.82, 2.24) is 5.43 Å². The molecule has 0 radical (unpaired) electrons. The van der Waals surface area contributed by atoms with Gasteiger partial charge < -0.3 is 0 Å². The molecule has 0 spiro atoms. The van der Waals surface area contributed by atoms with Crippen molar-refractivity contribution in [3.05, 3.63) is 22.4 Å². The number of hydrazine groups is 1. The van der Waals surface area contributed by atoms with E-state index in [2.05, 4.69) is 22.9 Å². The minimum atomic E-state index is -2.44. The third-order valence-corrected chi connectivity index (χ3v) is 4.85. The van der Waals surface area contributed by atoms with Crippen LogP contribution in [-0.4, -0.2) is 12.0 Å². The number of alkyl halides is 2. The van der Waals surface area contributed by atoms with E-state index in [1.165, 1.54) is 4.88 Å². The Balaban J connectivity index is 1.68. The first-order chi connectivity index (χ1) is 9.09. The van der Waals surface area contributed by atoms with E-state index in [4.69, 9.17) is 5.84 Å². The van der Waals surface area contributed by atoms with Gasteiger partial charge >= 0.3 is 0 Å². The fourth-order valence-corrected chi connectivity index (χ4v) is 3.64. The lowest BCUT2D eigenvalue weighted by Crippen LogP contribution is -2.36. The molecule has 1 heterocycles. The van der Waals surface area contributed by atoms with Crippen LogP contribution in [0.2, 0.25) is 0 Å². The largest absolute Gasteiger partial charge is 0.271 e. The Morgan fingerprint density at radius 1 is 1.53 bits per heavy atom. The fourth-order valence-electron chi connectivity index (χ4n) is 2.89. The zero-order chi connectivity index (χ0) is 13.7. The summed E-state index contributed by atoms with van der Waals surface area (Å²) in [7, 11) is 0. The van der Waals surface area contributed by atoms with E-state index >= 15 is 0 Å². The smallest absolute Gasteiger partial charge is 0.248 e. The molecule has 1 aromatic rings. The highest BCUT2D eigenvalue weighted by Gasteiger charge is 2.39. The van der Waals surface area contributed by atoms with Gasteiger partial charge in [0.15, 0.2) is 0 Å². The summed E-state index contributed by atoms with van der Waals surface area (Å²) < 4.78 is 26.3. The highest BCUT2D eigenvalue weighted by Crippen LogP contribution is 2.41. The van der Waals surface area contributed by atoms with Crippen LogP contribution in [-0.2, 0) is 6.42 Å². The quantitative estimate of drug-likeness (QED) is 0.592. The summed E-state index contributed by atoms with van der Waals surface area (Å²) in [5.41, 5.74) is 2.79. The standard InChI is InChI=1S/C14H22F2N2S/c15-14(16)7-6-11(10-14)9-12(18-17)3-1-4-13-5-2-8-19-13/h2,5,8,11-12,18H,1,3-4,6-7,9-10,17H2. The molecule has 19 heavy (non-hydrogen) atoms. The van der Waals surface area contributed by atoms with E-state index < -0.39 is 5.92 Å². The molecule has 2 nitrogen and oxygen atoms in total. The molecule has 1 fully saturated rings. The van der Waals surface area contributed by atoms with Crippen LogP contribution in [0, 0.1) is 5.92 Å². The average molecular weight is 288 g/mol. The molecule has 1 saturated carbocycles. The van der Waals surface area contributed by atoms with Gasteiger partial charge in [-0.25, -0.2) is 8.78 Å². The van der Waals surface area contributed by atoms with Crippen LogP contribution in [0.5, 0.6) is 0 Å². The second kappa shape index (κ2) is 6.77. The number of halogens is 2. The second-order valence-electron chi connectivity index (χ2n) is 5.54. The molecule has 108 valence electrons. The summed E-state index contributed by atoms with van der Waals surface area (Å²) in [5, 5.41) is 2.08. The van der Waals surface area contributed by atoms with Crippen LogP contribution in [0.1, 0.15) is 43.4 Å². The first-order valence-corrected chi connectivity index (χ1v) is 7.83. The predicted molar refractivity (Wildman–Crippen MR) is 75.3 cm³/mol. The molecule has 2 rings (SSSR count). The number of aryl methyl sites for hydroxylation is 1. The highest BCUT2D eigenvalue weighted by molar-refractivity contribution is 7.09. The molecule has 0 bridgehead atoms. The van der Waals surface area contributed by atoms with Gasteiger partial charge in [-0.3, -0.25) is 11.3 Å². The summed E-state index contributed by atoms with van der Waals surface area (Å²) in [6.07, 6.45) is 4.55. The van der Waals surface area contributed by atoms with Gasteiger partial charge in [-0.1, -0.05) is 6.07 Å². The van der Waals surface area contributed by atoms with Gasteiger partial charge in [-0.2, -0.15) is 0 Å². The molecule has 1 aromatic heterocycles. The van der Waals surface area contributed by atoms with Crippen molar-refractivity contribution >= 4 is 11.3 Å². The molecule has 2 atom stereocenters. The normalized spacial score (nSPS) is 23.6. The Bertz CT molecular complexity index is 368. The van der Waals surface area contributed by atoms with Crippen LogP contribution in [0.4, 0.5) is 8.78 Å². The maximum atomic E-state index is 13.1. The molecule has 0 saturated heterocycles. The number of thiophene rings is 1. The van der Waals surface area contributed by atoms with Crippen LogP contribution < -0.4 is 11.3 Å². The van der Waals surface area contributed by atoms with Crippen LogP contribution in [0.3, 0.4) is 0 Å². The van der Waals surface area contributed by atoms with Crippen LogP contribution >= 0.6 is 11.3 Å². The van der Waals surface area contributed by atoms with Crippen molar-refractivity contribution in [2.75, 3.05) is 0 Å². The molecular formula is C14H22F2N2S.